The lowest BCUT2D eigenvalue weighted by atomic mass is 9.93. The summed E-state index contributed by atoms with van der Waals surface area (Å²) in [7, 11) is 0. The maximum Gasteiger partial charge on any atom is 0.254 e. The van der Waals surface area contributed by atoms with Crippen LogP contribution >= 0.6 is 11.3 Å². The molecule has 3 heterocycles. The van der Waals surface area contributed by atoms with Crippen molar-refractivity contribution in [1.29, 1.82) is 0 Å². The average molecular weight is 362 g/mol. The minimum absolute atomic E-state index is 0.0681. The second-order valence-corrected chi connectivity index (χ2v) is 8.23. The maximum atomic E-state index is 12.9. The number of likely N-dealkylation sites (tertiary alicyclic amines) is 1. The third kappa shape index (κ3) is 3.47. The smallest absolute Gasteiger partial charge is 0.254 e. The van der Waals surface area contributed by atoms with Gasteiger partial charge in [0.15, 0.2) is 0 Å². The molecular weight excluding hydrogens is 336 g/mol. The Morgan fingerprint density at radius 2 is 1.72 bits per heavy atom. The molecule has 0 bridgehead atoms. The summed E-state index contributed by atoms with van der Waals surface area (Å²) in [5.74, 6) is 0.499. The number of rotatable bonds is 2. The van der Waals surface area contributed by atoms with Gasteiger partial charge in [-0.1, -0.05) is 0 Å². The van der Waals surface area contributed by atoms with E-state index < -0.39 is 0 Å². The highest BCUT2D eigenvalue weighted by atomic mass is 32.1. The quantitative estimate of drug-likeness (QED) is 0.811. The van der Waals surface area contributed by atoms with Crippen molar-refractivity contribution >= 4 is 23.2 Å². The van der Waals surface area contributed by atoms with Gasteiger partial charge in [0.25, 0.3) is 5.91 Å². The Balaban J connectivity index is 1.36. The SMILES string of the molecule is O=C(c1csc2c1CCCC2)N1CCC(C(=O)N2CCOCC2)CC1. The van der Waals surface area contributed by atoms with Gasteiger partial charge in [-0.05, 0) is 44.1 Å². The fourth-order valence-electron chi connectivity index (χ4n) is 4.22. The Hall–Kier alpha value is -1.40. The summed E-state index contributed by atoms with van der Waals surface area (Å²) in [6.45, 7) is 4.10. The minimum Gasteiger partial charge on any atom is -0.378 e. The first-order valence-electron chi connectivity index (χ1n) is 9.49. The van der Waals surface area contributed by atoms with E-state index >= 15 is 0 Å². The molecule has 0 aromatic carbocycles. The van der Waals surface area contributed by atoms with Crippen LogP contribution in [0.2, 0.25) is 0 Å². The molecule has 4 rings (SSSR count). The molecule has 5 nitrogen and oxygen atoms in total. The van der Waals surface area contributed by atoms with Crippen molar-refractivity contribution in [2.75, 3.05) is 39.4 Å². The van der Waals surface area contributed by atoms with Crippen LogP contribution in [0.4, 0.5) is 0 Å². The van der Waals surface area contributed by atoms with Crippen LogP contribution in [0.3, 0.4) is 0 Å². The van der Waals surface area contributed by atoms with Gasteiger partial charge in [-0.3, -0.25) is 9.59 Å². The fourth-order valence-corrected chi connectivity index (χ4v) is 5.33. The lowest BCUT2D eigenvalue weighted by Crippen LogP contribution is -2.47. The van der Waals surface area contributed by atoms with Gasteiger partial charge in [0, 0.05) is 42.4 Å². The fraction of sp³-hybridized carbons (Fsp3) is 0.684. The Morgan fingerprint density at radius 3 is 2.48 bits per heavy atom. The van der Waals surface area contributed by atoms with E-state index in [0.717, 1.165) is 31.2 Å². The Morgan fingerprint density at radius 1 is 1.00 bits per heavy atom. The monoisotopic (exact) mass is 362 g/mol. The van der Waals surface area contributed by atoms with E-state index in [1.165, 1.54) is 23.3 Å². The lowest BCUT2D eigenvalue weighted by Gasteiger charge is -2.35. The van der Waals surface area contributed by atoms with E-state index in [1.54, 1.807) is 11.3 Å². The van der Waals surface area contributed by atoms with Crippen LogP contribution in [0.1, 0.15) is 46.5 Å². The molecular formula is C19H26N2O3S. The number of piperidine rings is 1. The first kappa shape index (κ1) is 17.0. The second kappa shape index (κ2) is 7.46. The summed E-state index contributed by atoms with van der Waals surface area (Å²) in [5.41, 5.74) is 2.23. The van der Waals surface area contributed by atoms with Crippen molar-refractivity contribution in [3.05, 3.63) is 21.4 Å². The van der Waals surface area contributed by atoms with E-state index in [2.05, 4.69) is 5.38 Å². The zero-order chi connectivity index (χ0) is 17.2. The molecule has 136 valence electrons. The number of amides is 2. The minimum atomic E-state index is 0.0681. The topological polar surface area (TPSA) is 49.9 Å². The average Bonchev–Trinajstić information content (AvgIpc) is 3.12. The molecule has 0 atom stereocenters. The number of morpholine rings is 1. The molecule has 2 saturated heterocycles. The number of hydrogen-bond acceptors (Lipinski definition) is 4. The summed E-state index contributed by atoms with van der Waals surface area (Å²) in [6, 6.07) is 0. The molecule has 2 amide bonds. The largest absolute Gasteiger partial charge is 0.378 e. The zero-order valence-corrected chi connectivity index (χ0v) is 15.5. The first-order chi connectivity index (χ1) is 12.2. The van der Waals surface area contributed by atoms with Crippen LogP contribution in [0.15, 0.2) is 5.38 Å². The zero-order valence-electron chi connectivity index (χ0n) is 14.7. The van der Waals surface area contributed by atoms with E-state index in [9.17, 15) is 9.59 Å². The van der Waals surface area contributed by atoms with E-state index in [4.69, 9.17) is 4.74 Å². The van der Waals surface area contributed by atoms with Crippen LogP contribution in [0, 0.1) is 5.92 Å². The number of aryl methyl sites for hydroxylation is 1. The third-order valence-corrected chi connectivity index (χ3v) is 6.83. The summed E-state index contributed by atoms with van der Waals surface area (Å²) in [5, 5.41) is 2.06. The van der Waals surface area contributed by atoms with Crippen molar-refractivity contribution in [3.63, 3.8) is 0 Å². The van der Waals surface area contributed by atoms with Crippen LogP contribution < -0.4 is 0 Å². The summed E-state index contributed by atoms with van der Waals surface area (Å²) >= 11 is 1.75. The predicted octanol–water partition coefficient (Wildman–Crippen LogP) is 2.34. The number of thiophene rings is 1. The van der Waals surface area contributed by atoms with Crippen molar-refractivity contribution in [2.24, 2.45) is 5.92 Å². The van der Waals surface area contributed by atoms with E-state index in [1.807, 2.05) is 9.80 Å². The molecule has 0 N–H and O–H groups in total. The highest BCUT2D eigenvalue weighted by Crippen LogP contribution is 2.32. The lowest BCUT2D eigenvalue weighted by molar-refractivity contribution is -0.141. The van der Waals surface area contributed by atoms with Crippen LogP contribution in [0.5, 0.6) is 0 Å². The summed E-state index contributed by atoms with van der Waals surface area (Å²) < 4.78 is 5.33. The number of ether oxygens (including phenoxy) is 1. The Bertz CT molecular complexity index is 643. The number of fused-ring (bicyclic) bond motifs is 1. The van der Waals surface area contributed by atoms with Gasteiger partial charge in [-0.15, -0.1) is 11.3 Å². The maximum absolute atomic E-state index is 12.9. The van der Waals surface area contributed by atoms with E-state index in [0.29, 0.717) is 39.4 Å². The molecule has 1 aliphatic carbocycles. The number of hydrogen-bond donors (Lipinski definition) is 0. The predicted molar refractivity (Wildman–Crippen MR) is 97.0 cm³/mol. The van der Waals surface area contributed by atoms with Crippen molar-refractivity contribution in [1.82, 2.24) is 9.80 Å². The van der Waals surface area contributed by atoms with Crippen molar-refractivity contribution < 1.29 is 14.3 Å². The molecule has 2 aliphatic heterocycles. The molecule has 0 saturated carbocycles. The second-order valence-electron chi connectivity index (χ2n) is 7.26. The number of carbonyl (C=O) groups is 2. The van der Waals surface area contributed by atoms with Crippen LogP contribution in [-0.2, 0) is 22.4 Å². The molecule has 0 spiro atoms. The van der Waals surface area contributed by atoms with Gasteiger partial charge in [0.05, 0.1) is 18.8 Å². The molecule has 1 aromatic rings. The molecule has 3 aliphatic rings. The van der Waals surface area contributed by atoms with Gasteiger partial charge in [-0.2, -0.15) is 0 Å². The highest BCUT2D eigenvalue weighted by molar-refractivity contribution is 7.10. The van der Waals surface area contributed by atoms with Crippen molar-refractivity contribution in [3.8, 4) is 0 Å². The first-order valence-corrected chi connectivity index (χ1v) is 10.4. The van der Waals surface area contributed by atoms with Crippen LogP contribution in [0.25, 0.3) is 0 Å². The Kier molecular flexibility index (Phi) is 5.08. The molecule has 2 fully saturated rings. The molecule has 1 aromatic heterocycles. The summed E-state index contributed by atoms with van der Waals surface area (Å²) in [4.78, 5) is 30.8. The third-order valence-electron chi connectivity index (χ3n) is 5.75. The molecule has 6 heteroatoms. The van der Waals surface area contributed by atoms with Gasteiger partial charge in [0.1, 0.15) is 0 Å². The summed E-state index contributed by atoms with van der Waals surface area (Å²) in [6.07, 6.45) is 6.19. The highest BCUT2D eigenvalue weighted by Gasteiger charge is 2.32. The van der Waals surface area contributed by atoms with E-state index in [-0.39, 0.29) is 17.7 Å². The van der Waals surface area contributed by atoms with Gasteiger partial charge in [-0.25, -0.2) is 0 Å². The molecule has 0 radical (unpaired) electrons. The number of carbonyl (C=O) groups excluding carboxylic acids is 2. The Labute approximate surface area is 152 Å². The number of nitrogens with zero attached hydrogens (tertiary/aromatic N) is 2. The van der Waals surface area contributed by atoms with Gasteiger partial charge in [0.2, 0.25) is 5.91 Å². The van der Waals surface area contributed by atoms with Gasteiger partial charge >= 0.3 is 0 Å². The van der Waals surface area contributed by atoms with Gasteiger partial charge < -0.3 is 14.5 Å². The molecule has 0 unspecified atom stereocenters. The molecule has 25 heavy (non-hydrogen) atoms. The normalized spacial score (nSPS) is 21.9. The standard InChI is InChI=1S/C19H26N2O3S/c22-18(21-9-11-24-12-10-21)14-5-7-20(8-6-14)19(23)16-13-25-17-4-2-1-3-15(16)17/h13-14H,1-12H2. The van der Waals surface area contributed by atoms with Crippen LogP contribution in [-0.4, -0.2) is 61.0 Å². The van der Waals surface area contributed by atoms with Crippen molar-refractivity contribution in [2.45, 2.75) is 38.5 Å².